The Morgan fingerprint density at radius 3 is 2.76 bits per heavy atom. The normalized spacial score (nSPS) is 20.6. The molecule has 0 N–H and O–H groups in total. The second-order valence-corrected chi connectivity index (χ2v) is 7.83. The van der Waals surface area contributed by atoms with Crippen LogP contribution < -0.4 is 0 Å². The lowest BCUT2D eigenvalue weighted by molar-refractivity contribution is -0.145. The Kier molecular flexibility index (Phi) is 6.33. The van der Waals surface area contributed by atoms with E-state index in [0.717, 1.165) is 42.6 Å². The molecule has 2 aliphatic heterocycles. The van der Waals surface area contributed by atoms with Gasteiger partial charge in [0.05, 0.1) is 31.5 Å². The van der Waals surface area contributed by atoms with Crippen molar-refractivity contribution in [3.8, 4) is 0 Å². The minimum Gasteiger partial charge on any atom is -0.348 e. The number of ether oxygens (including phenoxy) is 2. The van der Waals surface area contributed by atoms with Gasteiger partial charge in [-0.2, -0.15) is 5.10 Å². The third-order valence-corrected chi connectivity index (χ3v) is 5.87. The quantitative estimate of drug-likeness (QED) is 0.699. The Morgan fingerprint density at radius 2 is 2.00 bits per heavy atom. The van der Waals surface area contributed by atoms with Crippen molar-refractivity contribution in [1.82, 2.24) is 14.7 Å². The highest BCUT2D eigenvalue weighted by Gasteiger charge is 2.35. The molecule has 0 radical (unpaired) electrons. The van der Waals surface area contributed by atoms with Gasteiger partial charge in [-0.15, -0.1) is 0 Å². The van der Waals surface area contributed by atoms with E-state index in [4.69, 9.17) is 21.1 Å². The number of halogens is 1. The monoisotopic (exact) mass is 415 g/mol. The van der Waals surface area contributed by atoms with Gasteiger partial charge in [0.15, 0.2) is 6.29 Å². The van der Waals surface area contributed by atoms with Crippen molar-refractivity contribution in [2.75, 3.05) is 19.8 Å². The van der Waals surface area contributed by atoms with Crippen molar-refractivity contribution in [1.29, 1.82) is 0 Å². The van der Waals surface area contributed by atoms with Crippen LogP contribution in [0, 0.1) is 6.92 Å². The van der Waals surface area contributed by atoms with E-state index in [-0.39, 0.29) is 18.2 Å². The number of hydrogen-bond acceptors (Lipinski definition) is 4. The molecule has 7 heteroatoms. The number of amides is 1. The Morgan fingerprint density at radius 1 is 1.24 bits per heavy atom. The van der Waals surface area contributed by atoms with E-state index >= 15 is 0 Å². The second kappa shape index (κ2) is 9.11. The fourth-order valence-corrected chi connectivity index (χ4v) is 4.28. The molecule has 2 aromatic rings. The first-order chi connectivity index (χ1) is 14.1. The zero-order valence-corrected chi connectivity index (χ0v) is 17.3. The van der Waals surface area contributed by atoms with Crippen molar-refractivity contribution in [3.05, 3.63) is 58.4 Å². The summed E-state index contributed by atoms with van der Waals surface area (Å²) < 4.78 is 13.1. The van der Waals surface area contributed by atoms with Crippen LogP contribution in [0.4, 0.5) is 0 Å². The molecule has 154 valence electrons. The molecule has 0 bridgehead atoms. The molecule has 3 heterocycles. The number of aromatic nitrogens is 2. The van der Waals surface area contributed by atoms with Gasteiger partial charge < -0.3 is 14.4 Å². The third-order valence-electron chi connectivity index (χ3n) is 5.47. The number of aryl methyl sites for hydroxylation is 1. The molecule has 0 aliphatic carbocycles. The van der Waals surface area contributed by atoms with Gasteiger partial charge in [-0.25, -0.2) is 4.68 Å². The lowest BCUT2D eigenvalue weighted by Gasteiger charge is -2.37. The summed E-state index contributed by atoms with van der Waals surface area (Å²) in [5.74, 6) is -0.0416. The Bertz CT molecular complexity index is 875. The number of piperidine rings is 1. The van der Waals surface area contributed by atoms with E-state index < -0.39 is 0 Å². The maximum absolute atomic E-state index is 12.9. The minimum absolute atomic E-state index is 0.0271. The molecule has 29 heavy (non-hydrogen) atoms. The van der Waals surface area contributed by atoms with Gasteiger partial charge in [0.2, 0.25) is 5.91 Å². The summed E-state index contributed by atoms with van der Waals surface area (Å²) in [6.45, 7) is 4.40. The number of nitrogens with zero attached hydrogens (tertiary/aromatic N) is 3. The van der Waals surface area contributed by atoms with Crippen molar-refractivity contribution in [3.63, 3.8) is 0 Å². The Labute approximate surface area is 176 Å². The van der Waals surface area contributed by atoms with Crippen molar-refractivity contribution in [2.24, 2.45) is 0 Å². The third kappa shape index (κ3) is 4.55. The van der Waals surface area contributed by atoms with Gasteiger partial charge in [-0.1, -0.05) is 41.9 Å². The van der Waals surface area contributed by atoms with Gasteiger partial charge in [0, 0.05) is 18.2 Å². The minimum atomic E-state index is -0.313. The fourth-order valence-electron chi connectivity index (χ4n) is 3.98. The average molecular weight is 416 g/mol. The molecule has 1 aromatic heterocycles. The largest absolute Gasteiger partial charge is 0.348 e. The SMILES string of the molecule is Cc1nn(Cc2ccccc2)c(Cl)c1/C=C/C(=O)N1CCCCC1C1OCCO1. The lowest BCUT2D eigenvalue weighted by Crippen LogP contribution is -2.49. The Hall–Kier alpha value is -2.15. The molecule has 0 saturated carbocycles. The smallest absolute Gasteiger partial charge is 0.247 e. The van der Waals surface area contributed by atoms with Crippen molar-refractivity contribution in [2.45, 2.75) is 45.1 Å². The van der Waals surface area contributed by atoms with Crippen LogP contribution in [-0.2, 0) is 20.8 Å². The molecule has 1 atom stereocenters. The van der Waals surface area contributed by atoms with Gasteiger partial charge in [0.25, 0.3) is 0 Å². The van der Waals surface area contributed by atoms with Crippen LogP contribution in [-0.4, -0.2) is 52.7 Å². The highest BCUT2D eigenvalue weighted by Crippen LogP contribution is 2.26. The van der Waals surface area contributed by atoms with E-state index in [1.165, 1.54) is 0 Å². The van der Waals surface area contributed by atoms with Gasteiger partial charge in [-0.05, 0) is 37.8 Å². The van der Waals surface area contributed by atoms with Gasteiger partial charge >= 0.3 is 0 Å². The number of hydrogen-bond donors (Lipinski definition) is 0. The number of rotatable bonds is 5. The van der Waals surface area contributed by atoms with E-state index in [1.54, 1.807) is 16.8 Å². The van der Waals surface area contributed by atoms with Crippen LogP contribution in [0.5, 0.6) is 0 Å². The predicted molar refractivity (Wildman–Crippen MR) is 112 cm³/mol. The summed E-state index contributed by atoms with van der Waals surface area (Å²) in [4.78, 5) is 14.8. The molecule has 6 nitrogen and oxygen atoms in total. The van der Waals surface area contributed by atoms with Crippen LogP contribution in [0.1, 0.15) is 36.1 Å². The number of likely N-dealkylation sites (tertiary alicyclic amines) is 1. The molecule has 2 fully saturated rings. The predicted octanol–water partition coefficient (Wildman–Crippen LogP) is 3.66. The van der Waals surface area contributed by atoms with Gasteiger partial charge in [0.1, 0.15) is 5.15 Å². The number of carbonyl (C=O) groups excluding carboxylic acids is 1. The van der Waals surface area contributed by atoms with Crippen molar-refractivity contribution >= 4 is 23.6 Å². The first-order valence-electron chi connectivity index (χ1n) is 10.1. The van der Waals surface area contributed by atoms with Crippen LogP contribution in [0.25, 0.3) is 6.08 Å². The van der Waals surface area contributed by atoms with E-state index in [0.29, 0.717) is 24.9 Å². The van der Waals surface area contributed by atoms with Crippen LogP contribution >= 0.6 is 11.6 Å². The molecule has 2 aliphatic rings. The molecule has 1 amide bonds. The number of carbonyl (C=O) groups is 1. The molecule has 0 spiro atoms. The summed E-state index contributed by atoms with van der Waals surface area (Å²) in [5, 5.41) is 5.08. The topological polar surface area (TPSA) is 56.6 Å². The second-order valence-electron chi connectivity index (χ2n) is 7.47. The molecule has 1 unspecified atom stereocenters. The van der Waals surface area contributed by atoms with E-state index in [9.17, 15) is 4.79 Å². The molecule has 2 saturated heterocycles. The molecule has 1 aromatic carbocycles. The molecular weight excluding hydrogens is 390 g/mol. The first-order valence-corrected chi connectivity index (χ1v) is 10.5. The summed E-state index contributed by atoms with van der Waals surface area (Å²) in [6.07, 6.45) is 6.04. The van der Waals surface area contributed by atoms with E-state index in [2.05, 4.69) is 5.10 Å². The summed E-state index contributed by atoms with van der Waals surface area (Å²) in [7, 11) is 0. The van der Waals surface area contributed by atoms with Crippen LogP contribution in [0.15, 0.2) is 36.4 Å². The Balaban J connectivity index is 1.48. The summed E-state index contributed by atoms with van der Waals surface area (Å²) >= 11 is 6.57. The maximum Gasteiger partial charge on any atom is 0.247 e. The highest BCUT2D eigenvalue weighted by atomic mass is 35.5. The van der Waals surface area contributed by atoms with E-state index in [1.807, 2.05) is 42.2 Å². The average Bonchev–Trinajstić information content (AvgIpc) is 3.36. The van der Waals surface area contributed by atoms with Gasteiger partial charge in [-0.3, -0.25) is 4.79 Å². The van der Waals surface area contributed by atoms with Crippen LogP contribution in [0.3, 0.4) is 0 Å². The standard InChI is InChI=1S/C22H26ClN3O3/c1-16-18(21(23)26(24-16)15-17-7-3-2-4-8-17)10-11-20(27)25-12-6-5-9-19(25)22-28-13-14-29-22/h2-4,7-8,10-11,19,22H,5-6,9,12-15H2,1H3/b11-10+. The zero-order chi connectivity index (χ0) is 20.2. The lowest BCUT2D eigenvalue weighted by atomic mass is 10.0. The summed E-state index contributed by atoms with van der Waals surface area (Å²) in [6, 6.07) is 10.0. The number of benzene rings is 1. The maximum atomic E-state index is 12.9. The fraction of sp³-hybridized carbons (Fsp3) is 0.455. The van der Waals surface area contributed by atoms with Crippen molar-refractivity contribution < 1.29 is 14.3 Å². The molecule has 4 rings (SSSR count). The van der Waals surface area contributed by atoms with Crippen LogP contribution in [0.2, 0.25) is 5.15 Å². The highest BCUT2D eigenvalue weighted by molar-refractivity contribution is 6.31. The first kappa shape index (κ1) is 20.1. The zero-order valence-electron chi connectivity index (χ0n) is 16.6. The summed E-state index contributed by atoms with van der Waals surface area (Å²) in [5.41, 5.74) is 2.70. The molecular formula is C22H26ClN3O3.